The van der Waals surface area contributed by atoms with E-state index in [1.807, 2.05) is 19.1 Å². The van der Waals surface area contributed by atoms with E-state index >= 15 is 0 Å². The van der Waals surface area contributed by atoms with E-state index in [-0.39, 0.29) is 5.75 Å². The Morgan fingerprint density at radius 1 is 1.46 bits per heavy atom. The van der Waals surface area contributed by atoms with Crippen molar-refractivity contribution in [2.75, 3.05) is 13.1 Å². The Balaban J connectivity index is 2.88. The Hall–Kier alpha value is -1.35. The molecule has 1 rings (SSSR count). The molecule has 1 aromatic rings. The van der Waals surface area contributed by atoms with Gasteiger partial charge in [0.25, 0.3) is 0 Å². The maximum absolute atomic E-state index is 9.47. The molecule has 0 radical (unpaired) electrons. The van der Waals surface area contributed by atoms with Crippen molar-refractivity contribution >= 4 is 5.71 Å². The zero-order valence-corrected chi connectivity index (χ0v) is 7.70. The summed E-state index contributed by atoms with van der Waals surface area (Å²) >= 11 is 0. The molecular formula is C10H14N2O. The van der Waals surface area contributed by atoms with Gasteiger partial charge >= 0.3 is 0 Å². The van der Waals surface area contributed by atoms with Gasteiger partial charge in [-0.2, -0.15) is 0 Å². The molecule has 0 fully saturated rings. The van der Waals surface area contributed by atoms with Crippen molar-refractivity contribution in [3.63, 3.8) is 0 Å². The Labute approximate surface area is 77.9 Å². The van der Waals surface area contributed by atoms with Crippen molar-refractivity contribution < 1.29 is 5.11 Å². The van der Waals surface area contributed by atoms with Gasteiger partial charge in [0.1, 0.15) is 5.75 Å². The number of para-hydroxylation sites is 1. The summed E-state index contributed by atoms with van der Waals surface area (Å²) in [5, 5.41) is 9.47. The summed E-state index contributed by atoms with van der Waals surface area (Å²) in [5.74, 6) is 0.265. The van der Waals surface area contributed by atoms with Gasteiger partial charge in [-0.25, -0.2) is 0 Å². The largest absolute Gasteiger partial charge is 0.507 e. The monoisotopic (exact) mass is 178 g/mol. The molecule has 0 saturated carbocycles. The lowest BCUT2D eigenvalue weighted by molar-refractivity contribution is 0.474. The lowest BCUT2D eigenvalue weighted by atomic mass is 10.1. The molecule has 0 aliphatic heterocycles. The van der Waals surface area contributed by atoms with E-state index in [4.69, 9.17) is 5.73 Å². The van der Waals surface area contributed by atoms with Crippen molar-refractivity contribution in [2.45, 2.75) is 6.92 Å². The second-order valence-electron chi connectivity index (χ2n) is 2.77. The molecule has 0 saturated heterocycles. The molecule has 3 heteroatoms. The number of phenolic OH excluding ortho intramolecular Hbond substituents is 1. The van der Waals surface area contributed by atoms with Crippen molar-refractivity contribution in [2.24, 2.45) is 10.7 Å². The molecule has 70 valence electrons. The van der Waals surface area contributed by atoms with Crippen LogP contribution in [0.3, 0.4) is 0 Å². The molecular weight excluding hydrogens is 164 g/mol. The summed E-state index contributed by atoms with van der Waals surface area (Å²) in [7, 11) is 0. The number of phenols is 1. The predicted molar refractivity (Wildman–Crippen MR) is 54.2 cm³/mol. The van der Waals surface area contributed by atoms with Crippen molar-refractivity contribution in [3.05, 3.63) is 29.8 Å². The zero-order valence-electron chi connectivity index (χ0n) is 7.70. The van der Waals surface area contributed by atoms with Gasteiger partial charge in [0, 0.05) is 17.8 Å². The molecule has 0 amide bonds. The molecule has 0 heterocycles. The highest BCUT2D eigenvalue weighted by Gasteiger charge is 2.01. The SMILES string of the molecule is C/C(=N/CCN)c1ccccc1O. The van der Waals surface area contributed by atoms with Crippen LogP contribution in [-0.4, -0.2) is 23.9 Å². The molecule has 0 aromatic heterocycles. The van der Waals surface area contributed by atoms with Crippen LogP contribution in [0, 0.1) is 0 Å². The Morgan fingerprint density at radius 3 is 2.77 bits per heavy atom. The lowest BCUT2D eigenvalue weighted by Crippen LogP contribution is -2.05. The fourth-order valence-electron chi connectivity index (χ4n) is 1.10. The predicted octanol–water partition coefficient (Wildman–Crippen LogP) is 1.16. The molecule has 0 aliphatic rings. The zero-order chi connectivity index (χ0) is 9.68. The number of aliphatic imine (C=N–C) groups is 1. The quantitative estimate of drug-likeness (QED) is 0.682. The van der Waals surface area contributed by atoms with E-state index in [9.17, 15) is 5.11 Å². The third-order valence-electron chi connectivity index (χ3n) is 1.77. The third-order valence-corrected chi connectivity index (χ3v) is 1.77. The van der Waals surface area contributed by atoms with Crippen LogP contribution in [-0.2, 0) is 0 Å². The molecule has 0 atom stereocenters. The Kier molecular flexibility index (Phi) is 3.46. The average Bonchev–Trinajstić information content (AvgIpc) is 2.15. The summed E-state index contributed by atoms with van der Waals surface area (Å²) < 4.78 is 0. The van der Waals surface area contributed by atoms with Crippen molar-refractivity contribution in [1.29, 1.82) is 0 Å². The van der Waals surface area contributed by atoms with Gasteiger partial charge in [-0.1, -0.05) is 12.1 Å². The minimum absolute atomic E-state index is 0.265. The van der Waals surface area contributed by atoms with Crippen LogP contribution in [0.4, 0.5) is 0 Å². The molecule has 1 aromatic carbocycles. The van der Waals surface area contributed by atoms with Gasteiger partial charge in [-0.3, -0.25) is 4.99 Å². The second-order valence-corrected chi connectivity index (χ2v) is 2.77. The maximum Gasteiger partial charge on any atom is 0.124 e. The van der Waals surface area contributed by atoms with E-state index in [1.165, 1.54) is 0 Å². The van der Waals surface area contributed by atoms with Crippen LogP contribution in [0.2, 0.25) is 0 Å². The fourth-order valence-corrected chi connectivity index (χ4v) is 1.10. The summed E-state index contributed by atoms with van der Waals surface area (Å²) in [4.78, 5) is 4.21. The van der Waals surface area contributed by atoms with Crippen molar-refractivity contribution in [1.82, 2.24) is 0 Å². The molecule has 0 bridgehead atoms. The number of hydrogen-bond donors (Lipinski definition) is 2. The van der Waals surface area contributed by atoms with Crippen LogP contribution < -0.4 is 5.73 Å². The van der Waals surface area contributed by atoms with Crippen LogP contribution in [0.5, 0.6) is 5.75 Å². The molecule has 0 aliphatic carbocycles. The number of nitrogens with two attached hydrogens (primary N) is 1. The summed E-state index contributed by atoms with van der Waals surface area (Å²) in [6.45, 7) is 3.00. The highest BCUT2D eigenvalue weighted by atomic mass is 16.3. The van der Waals surface area contributed by atoms with E-state index in [0.717, 1.165) is 11.3 Å². The minimum atomic E-state index is 0.265. The van der Waals surface area contributed by atoms with Crippen LogP contribution in [0.1, 0.15) is 12.5 Å². The van der Waals surface area contributed by atoms with E-state index in [2.05, 4.69) is 4.99 Å². The van der Waals surface area contributed by atoms with Gasteiger partial charge in [-0.15, -0.1) is 0 Å². The van der Waals surface area contributed by atoms with E-state index < -0.39 is 0 Å². The van der Waals surface area contributed by atoms with Gasteiger partial charge < -0.3 is 10.8 Å². The Bertz CT molecular complexity index is 308. The van der Waals surface area contributed by atoms with Gasteiger partial charge in [0.05, 0.1) is 6.54 Å². The van der Waals surface area contributed by atoms with E-state index in [0.29, 0.717) is 13.1 Å². The normalized spacial score (nSPS) is 11.7. The average molecular weight is 178 g/mol. The van der Waals surface area contributed by atoms with Crippen LogP contribution in [0.25, 0.3) is 0 Å². The first-order chi connectivity index (χ1) is 6.25. The topological polar surface area (TPSA) is 58.6 Å². The summed E-state index contributed by atoms with van der Waals surface area (Å²) in [6.07, 6.45) is 0. The fraction of sp³-hybridized carbons (Fsp3) is 0.300. The molecule has 3 nitrogen and oxygen atoms in total. The van der Waals surface area contributed by atoms with Gasteiger partial charge in [0.15, 0.2) is 0 Å². The summed E-state index contributed by atoms with van der Waals surface area (Å²) in [6, 6.07) is 7.15. The lowest BCUT2D eigenvalue weighted by Gasteiger charge is -2.02. The molecule has 13 heavy (non-hydrogen) atoms. The second kappa shape index (κ2) is 4.62. The first-order valence-electron chi connectivity index (χ1n) is 4.25. The molecule has 0 unspecified atom stereocenters. The highest BCUT2D eigenvalue weighted by Crippen LogP contribution is 2.16. The van der Waals surface area contributed by atoms with Crippen molar-refractivity contribution in [3.8, 4) is 5.75 Å². The standard InChI is InChI=1S/C10H14N2O/c1-8(12-7-6-11)9-4-2-3-5-10(9)13/h2-5,13H,6-7,11H2,1H3/b12-8-. The third kappa shape index (κ3) is 2.56. The number of hydrogen-bond acceptors (Lipinski definition) is 3. The summed E-state index contributed by atoms with van der Waals surface area (Å²) in [5.41, 5.74) is 6.92. The van der Waals surface area contributed by atoms with Gasteiger partial charge in [-0.05, 0) is 19.1 Å². The number of benzene rings is 1. The maximum atomic E-state index is 9.47. The first kappa shape index (κ1) is 9.74. The highest BCUT2D eigenvalue weighted by molar-refractivity contribution is 6.00. The number of rotatable bonds is 3. The number of aromatic hydroxyl groups is 1. The van der Waals surface area contributed by atoms with Crippen LogP contribution in [0.15, 0.2) is 29.3 Å². The smallest absolute Gasteiger partial charge is 0.124 e. The van der Waals surface area contributed by atoms with Crippen LogP contribution >= 0.6 is 0 Å². The van der Waals surface area contributed by atoms with Gasteiger partial charge in [0.2, 0.25) is 0 Å². The Morgan fingerprint density at radius 2 is 2.15 bits per heavy atom. The van der Waals surface area contributed by atoms with E-state index in [1.54, 1.807) is 12.1 Å². The number of nitrogens with zero attached hydrogens (tertiary/aromatic N) is 1. The molecule has 3 N–H and O–H groups in total. The first-order valence-corrected chi connectivity index (χ1v) is 4.25. The minimum Gasteiger partial charge on any atom is -0.507 e. The molecule has 0 spiro atoms.